The van der Waals surface area contributed by atoms with Crippen molar-refractivity contribution < 1.29 is 4.74 Å². The number of hydrogen-bond acceptors (Lipinski definition) is 3. The molecular formula is C17H30N2O. The number of ether oxygens (including phenoxy) is 1. The normalized spacial score (nSPS) is 10.7. The van der Waals surface area contributed by atoms with Crippen molar-refractivity contribution in [3.8, 4) is 0 Å². The van der Waals surface area contributed by atoms with Crippen molar-refractivity contribution in [2.24, 2.45) is 0 Å². The maximum absolute atomic E-state index is 5.77. The largest absolute Gasteiger partial charge is 0.377 e. The number of hydrogen-bond donors (Lipinski definition) is 1. The number of aromatic nitrogens is 1. The van der Waals surface area contributed by atoms with E-state index in [1.54, 1.807) is 0 Å². The Labute approximate surface area is 124 Å². The molecule has 1 aromatic rings. The van der Waals surface area contributed by atoms with Crippen LogP contribution >= 0.6 is 0 Å². The van der Waals surface area contributed by atoms with E-state index in [1.807, 2.05) is 12.3 Å². The number of nitrogens with one attached hydrogen (secondary N) is 1. The molecule has 0 spiro atoms. The van der Waals surface area contributed by atoms with Gasteiger partial charge in [-0.15, -0.1) is 0 Å². The van der Waals surface area contributed by atoms with Crippen molar-refractivity contribution >= 4 is 5.82 Å². The predicted molar refractivity (Wildman–Crippen MR) is 86.0 cm³/mol. The summed E-state index contributed by atoms with van der Waals surface area (Å²) in [5.41, 5.74) is 1.16. The minimum atomic E-state index is 0.662. The van der Waals surface area contributed by atoms with Crippen LogP contribution in [0.5, 0.6) is 0 Å². The quantitative estimate of drug-likeness (QED) is 0.559. The lowest BCUT2D eigenvalue weighted by molar-refractivity contribution is 0.117. The fourth-order valence-corrected chi connectivity index (χ4v) is 2.12. The van der Waals surface area contributed by atoms with Gasteiger partial charge >= 0.3 is 0 Å². The van der Waals surface area contributed by atoms with Gasteiger partial charge in [-0.05, 0) is 18.9 Å². The average molecular weight is 278 g/mol. The van der Waals surface area contributed by atoms with Crippen molar-refractivity contribution in [2.45, 2.75) is 65.4 Å². The van der Waals surface area contributed by atoms with E-state index in [1.165, 1.54) is 38.5 Å². The topological polar surface area (TPSA) is 34.1 Å². The molecule has 1 N–H and O–H groups in total. The maximum Gasteiger partial charge on any atom is 0.131 e. The van der Waals surface area contributed by atoms with Crippen LogP contribution in [0.1, 0.15) is 64.4 Å². The van der Waals surface area contributed by atoms with Gasteiger partial charge in [-0.1, -0.05) is 52.0 Å². The van der Waals surface area contributed by atoms with Gasteiger partial charge in [0.1, 0.15) is 5.82 Å². The van der Waals surface area contributed by atoms with Gasteiger partial charge in [-0.25, -0.2) is 4.98 Å². The van der Waals surface area contributed by atoms with E-state index < -0.39 is 0 Å². The first-order valence-electron chi connectivity index (χ1n) is 8.14. The number of pyridine rings is 1. The SMILES string of the molecule is CCCCCCCCOCc1cccnc1NCCC. The average Bonchev–Trinajstić information content (AvgIpc) is 2.49. The zero-order chi connectivity index (χ0) is 14.5. The zero-order valence-corrected chi connectivity index (χ0v) is 13.2. The summed E-state index contributed by atoms with van der Waals surface area (Å²) in [5, 5.41) is 3.35. The Kier molecular flexibility index (Phi) is 9.93. The molecule has 0 radical (unpaired) electrons. The molecule has 1 aromatic heterocycles. The van der Waals surface area contributed by atoms with E-state index in [0.29, 0.717) is 6.61 Å². The molecule has 114 valence electrons. The lowest BCUT2D eigenvalue weighted by Gasteiger charge is -2.10. The van der Waals surface area contributed by atoms with Crippen LogP contribution in [-0.2, 0) is 11.3 Å². The minimum absolute atomic E-state index is 0.662. The highest BCUT2D eigenvalue weighted by Crippen LogP contribution is 2.13. The standard InChI is InChI=1S/C17H30N2O/c1-3-5-6-7-8-9-14-20-15-16-11-10-13-19-17(16)18-12-4-2/h10-11,13H,3-9,12,14-15H2,1-2H3,(H,18,19). The van der Waals surface area contributed by atoms with Crippen LogP contribution < -0.4 is 5.32 Å². The van der Waals surface area contributed by atoms with Crippen LogP contribution in [0.2, 0.25) is 0 Å². The van der Waals surface area contributed by atoms with Crippen molar-refractivity contribution in [1.82, 2.24) is 4.98 Å². The van der Waals surface area contributed by atoms with Crippen molar-refractivity contribution in [3.05, 3.63) is 23.9 Å². The van der Waals surface area contributed by atoms with Crippen molar-refractivity contribution in [1.29, 1.82) is 0 Å². The summed E-state index contributed by atoms with van der Waals surface area (Å²) in [4.78, 5) is 4.37. The lowest BCUT2D eigenvalue weighted by atomic mass is 10.1. The molecule has 0 aliphatic heterocycles. The van der Waals surface area contributed by atoms with E-state index in [0.717, 1.165) is 31.0 Å². The summed E-state index contributed by atoms with van der Waals surface area (Å²) in [6.45, 7) is 6.89. The van der Waals surface area contributed by atoms with E-state index >= 15 is 0 Å². The molecule has 0 bridgehead atoms. The highest BCUT2D eigenvalue weighted by molar-refractivity contribution is 5.43. The van der Waals surface area contributed by atoms with Crippen LogP contribution in [-0.4, -0.2) is 18.1 Å². The second-order valence-corrected chi connectivity index (χ2v) is 5.26. The Morgan fingerprint density at radius 3 is 2.65 bits per heavy atom. The van der Waals surface area contributed by atoms with Crippen LogP contribution in [0.25, 0.3) is 0 Å². The molecule has 0 saturated heterocycles. The summed E-state index contributed by atoms with van der Waals surface area (Å²) in [6.07, 6.45) is 10.8. The third-order valence-electron chi connectivity index (χ3n) is 3.33. The Hall–Kier alpha value is -1.09. The molecule has 0 aromatic carbocycles. The van der Waals surface area contributed by atoms with Gasteiger partial charge in [-0.2, -0.15) is 0 Å². The molecule has 1 heterocycles. The molecule has 0 atom stereocenters. The number of nitrogens with zero attached hydrogens (tertiary/aromatic N) is 1. The Bertz CT molecular complexity index is 342. The Balaban J connectivity index is 2.15. The molecule has 0 aliphatic rings. The summed E-state index contributed by atoms with van der Waals surface area (Å²) in [5.74, 6) is 0.970. The van der Waals surface area contributed by atoms with E-state index in [2.05, 4.69) is 30.2 Å². The summed E-state index contributed by atoms with van der Waals surface area (Å²) in [7, 11) is 0. The lowest BCUT2D eigenvalue weighted by Crippen LogP contribution is -2.06. The van der Waals surface area contributed by atoms with E-state index in [4.69, 9.17) is 4.74 Å². The second-order valence-electron chi connectivity index (χ2n) is 5.26. The van der Waals surface area contributed by atoms with Gasteiger partial charge < -0.3 is 10.1 Å². The molecule has 20 heavy (non-hydrogen) atoms. The number of anilines is 1. The Morgan fingerprint density at radius 1 is 1.05 bits per heavy atom. The van der Waals surface area contributed by atoms with E-state index in [9.17, 15) is 0 Å². The van der Waals surface area contributed by atoms with Crippen LogP contribution in [0, 0.1) is 0 Å². The minimum Gasteiger partial charge on any atom is -0.377 e. The number of unbranched alkanes of at least 4 members (excludes halogenated alkanes) is 5. The molecular weight excluding hydrogens is 248 g/mol. The fourth-order valence-electron chi connectivity index (χ4n) is 2.12. The van der Waals surface area contributed by atoms with Gasteiger partial charge in [0.2, 0.25) is 0 Å². The van der Waals surface area contributed by atoms with Gasteiger partial charge in [0, 0.05) is 24.9 Å². The Morgan fingerprint density at radius 2 is 1.85 bits per heavy atom. The molecule has 0 amide bonds. The van der Waals surface area contributed by atoms with Gasteiger partial charge in [0.05, 0.1) is 6.61 Å². The smallest absolute Gasteiger partial charge is 0.131 e. The van der Waals surface area contributed by atoms with Crippen molar-refractivity contribution in [3.63, 3.8) is 0 Å². The third-order valence-corrected chi connectivity index (χ3v) is 3.33. The highest BCUT2D eigenvalue weighted by Gasteiger charge is 2.02. The van der Waals surface area contributed by atoms with Crippen molar-refractivity contribution in [2.75, 3.05) is 18.5 Å². The van der Waals surface area contributed by atoms with Crippen LogP contribution in [0.3, 0.4) is 0 Å². The zero-order valence-electron chi connectivity index (χ0n) is 13.2. The first-order valence-corrected chi connectivity index (χ1v) is 8.14. The van der Waals surface area contributed by atoms with Crippen LogP contribution in [0.15, 0.2) is 18.3 Å². The first kappa shape index (κ1) is 17.0. The molecule has 3 heteroatoms. The van der Waals surface area contributed by atoms with Gasteiger partial charge in [0.15, 0.2) is 0 Å². The molecule has 0 unspecified atom stereocenters. The predicted octanol–water partition coefficient (Wildman–Crippen LogP) is 4.78. The second kappa shape index (κ2) is 11.7. The molecule has 0 fully saturated rings. The van der Waals surface area contributed by atoms with Gasteiger partial charge in [0.25, 0.3) is 0 Å². The van der Waals surface area contributed by atoms with E-state index in [-0.39, 0.29) is 0 Å². The summed E-state index contributed by atoms with van der Waals surface area (Å²) in [6, 6.07) is 4.06. The van der Waals surface area contributed by atoms with Gasteiger partial charge in [-0.3, -0.25) is 0 Å². The third kappa shape index (κ3) is 7.49. The highest BCUT2D eigenvalue weighted by atomic mass is 16.5. The monoisotopic (exact) mass is 278 g/mol. The molecule has 3 nitrogen and oxygen atoms in total. The summed E-state index contributed by atoms with van der Waals surface area (Å²) < 4.78 is 5.77. The van der Waals surface area contributed by atoms with Crippen LogP contribution in [0.4, 0.5) is 5.82 Å². The molecule has 0 aliphatic carbocycles. The summed E-state index contributed by atoms with van der Waals surface area (Å²) >= 11 is 0. The fraction of sp³-hybridized carbons (Fsp3) is 0.706. The first-order chi connectivity index (χ1) is 9.88. The molecule has 0 saturated carbocycles. The molecule has 1 rings (SSSR count). The number of rotatable bonds is 12. The maximum atomic E-state index is 5.77.